The van der Waals surface area contributed by atoms with Gasteiger partial charge in [0.1, 0.15) is 0 Å². The SMILES string of the molecule is COC(=O)[C@H](Cc1ccccc1)[C@@]1(C)C(=O)N(C)c2ccccc21. The normalized spacial score (nSPS) is 20.6. The Labute approximate surface area is 142 Å². The van der Waals surface area contributed by atoms with Crippen molar-refractivity contribution in [2.24, 2.45) is 5.92 Å². The Hall–Kier alpha value is -2.62. The molecule has 0 radical (unpaired) electrons. The number of carbonyl (C=O) groups is 2. The number of esters is 1. The van der Waals surface area contributed by atoms with Gasteiger partial charge in [-0.2, -0.15) is 0 Å². The van der Waals surface area contributed by atoms with Crippen molar-refractivity contribution in [2.45, 2.75) is 18.8 Å². The topological polar surface area (TPSA) is 46.6 Å². The molecule has 2 atom stereocenters. The fraction of sp³-hybridized carbons (Fsp3) is 0.300. The minimum absolute atomic E-state index is 0.0740. The number of benzene rings is 2. The van der Waals surface area contributed by atoms with Gasteiger partial charge in [-0.25, -0.2) is 0 Å². The van der Waals surface area contributed by atoms with Crippen LogP contribution >= 0.6 is 0 Å². The van der Waals surface area contributed by atoms with Crippen molar-refractivity contribution in [1.82, 2.24) is 0 Å². The highest BCUT2D eigenvalue weighted by Crippen LogP contribution is 2.46. The van der Waals surface area contributed by atoms with Crippen molar-refractivity contribution in [1.29, 1.82) is 0 Å². The summed E-state index contributed by atoms with van der Waals surface area (Å²) >= 11 is 0. The number of hydrogen-bond acceptors (Lipinski definition) is 3. The number of rotatable bonds is 4. The van der Waals surface area contributed by atoms with Crippen molar-refractivity contribution in [3.05, 3.63) is 65.7 Å². The van der Waals surface area contributed by atoms with Crippen LogP contribution in [0.1, 0.15) is 18.1 Å². The molecule has 0 saturated carbocycles. The lowest BCUT2D eigenvalue weighted by atomic mass is 9.70. The Morgan fingerprint density at radius 3 is 2.42 bits per heavy atom. The van der Waals surface area contributed by atoms with Crippen molar-refractivity contribution >= 4 is 17.6 Å². The summed E-state index contributed by atoms with van der Waals surface area (Å²) in [6, 6.07) is 17.4. The summed E-state index contributed by atoms with van der Waals surface area (Å²) in [5.41, 5.74) is 1.80. The van der Waals surface area contributed by atoms with E-state index in [4.69, 9.17) is 4.74 Å². The van der Waals surface area contributed by atoms with Gasteiger partial charge in [0.25, 0.3) is 0 Å². The lowest BCUT2D eigenvalue weighted by Crippen LogP contribution is -2.46. The second kappa shape index (κ2) is 6.11. The highest BCUT2D eigenvalue weighted by Gasteiger charge is 2.53. The highest BCUT2D eigenvalue weighted by molar-refractivity contribution is 6.09. The number of nitrogens with zero attached hydrogens (tertiary/aromatic N) is 1. The first-order chi connectivity index (χ1) is 11.5. The number of methoxy groups -OCH3 is 1. The number of ether oxygens (including phenoxy) is 1. The van der Waals surface area contributed by atoms with Gasteiger partial charge in [0.05, 0.1) is 18.4 Å². The van der Waals surface area contributed by atoms with E-state index in [-0.39, 0.29) is 11.9 Å². The van der Waals surface area contributed by atoms with Gasteiger partial charge in [0.2, 0.25) is 5.91 Å². The number of anilines is 1. The van der Waals surface area contributed by atoms with E-state index in [1.807, 2.05) is 61.5 Å². The predicted octanol–water partition coefficient (Wildman–Crippen LogP) is 2.95. The number of carbonyl (C=O) groups excluding carboxylic acids is 2. The second-order valence-corrected chi connectivity index (χ2v) is 6.35. The van der Waals surface area contributed by atoms with Crippen LogP contribution in [-0.4, -0.2) is 26.0 Å². The van der Waals surface area contributed by atoms with Crippen LogP contribution < -0.4 is 4.90 Å². The van der Waals surface area contributed by atoms with Gasteiger partial charge >= 0.3 is 5.97 Å². The minimum Gasteiger partial charge on any atom is -0.469 e. The van der Waals surface area contributed by atoms with Crippen molar-refractivity contribution < 1.29 is 14.3 Å². The molecule has 1 heterocycles. The predicted molar refractivity (Wildman–Crippen MR) is 92.9 cm³/mol. The van der Waals surface area contributed by atoms with Crippen LogP contribution in [0.4, 0.5) is 5.69 Å². The van der Waals surface area contributed by atoms with Crippen molar-refractivity contribution in [3.63, 3.8) is 0 Å². The van der Waals surface area contributed by atoms with E-state index in [1.165, 1.54) is 7.11 Å². The number of amides is 1. The first-order valence-electron chi connectivity index (χ1n) is 7.99. The molecule has 1 aliphatic rings. The minimum atomic E-state index is -0.936. The molecule has 1 amide bonds. The molecule has 0 saturated heterocycles. The van der Waals surface area contributed by atoms with E-state index < -0.39 is 11.3 Å². The summed E-state index contributed by atoms with van der Waals surface area (Å²) < 4.78 is 5.05. The maximum Gasteiger partial charge on any atom is 0.310 e. The standard InChI is InChI=1S/C20H21NO3/c1-20(15-11-7-8-12-17(15)21(2)19(20)23)16(18(22)24-3)13-14-9-5-4-6-10-14/h4-12,16H,13H2,1-3H3/t16-,20-/m0/s1. The number of likely N-dealkylation sites (N-methyl/N-ethyl adjacent to an activating group) is 1. The van der Waals surface area contributed by atoms with Crippen molar-refractivity contribution in [3.8, 4) is 0 Å². The molecule has 4 nitrogen and oxygen atoms in total. The summed E-state index contributed by atoms with van der Waals surface area (Å²) in [5, 5.41) is 0. The van der Waals surface area contributed by atoms with Crippen LogP contribution in [0.2, 0.25) is 0 Å². The van der Waals surface area contributed by atoms with Gasteiger partial charge in [-0.05, 0) is 30.5 Å². The van der Waals surface area contributed by atoms with Gasteiger partial charge in [-0.3, -0.25) is 9.59 Å². The van der Waals surface area contributed by atoms with E-state index in [0.29, 0.717) is 6.42 Å². The first-order valence-corrected chi connectivity index (χ1v) is 7.99. The number of para-hydroxylation sites is 1. The first kappa shape index (κ1) is 16.2. The Morgan fingerprint density at radius 2 is 1.75 bits per heavy atom. The Balaban J connectivity index is 2.10. The average molecular weight is 323 g/mol. The maximum absolute atomic E-state index is 13.1. The third-order valence-electron chi connectivity index (χ3n) is 5.04. The quantitative estimate of drug-likeness (QED) is 0.813. The van der Waals surface area contributed by atoms with Gasteiger partial charge in [0, 0.05) is 12.7 Å². The van der Waals surface area contributed by atoms with E-state index >= 15 is 0 Å². The van der Waals surface area contributed by atoms with Crippen LogP contribution in [0, 0.1) is 5.92 Å². The molecule has 0 unspecified atom stereocenters. The molecule has 0 aliphatic carbocycles. The van der Waals surface area contributed by atoms with E-state index in [0.717, 1.165) is 16.8 Å². The fourth-order valence-corrected chi connectivity index (χ4v) is 3.63. The van der Waals surface area contributed by atoms with Gasteiger partial charge in [-0.1, -0.05) is 48.5 Å². The molecule has 0 fully saturated rings. The summed E-state index contributed by atoms with van der Waals surface area (Å²) in [5.74, 6) is -1.02. The summed E-state index contributed by atoms with van der Waals surface area (Å²) in [6.45, 7) is 1.85. The summed E-state index contributed by atoms with van der Waals surface area (Å²) in [7, 11) is 3.13. The highest BCUT2D eigenvalue weighted by atomic mass is 16.5. The van der Waals surface area contributed by atoms with Crippen LogP contribution in [-0.2, 0) is 26.2 Å². The molecule has 2 aromatic carbocycles. The lowest BCUT2D eigenvalue weighted by molar-refractivity contribution is -0.150. The van der Waals surface area contributed by atoms with E-state index in [2.05, 4.69) is 0 Å². The third-order valence-corrected chi connectivity index (χ3v) is 5.04. The van der Waals surface area contributed by atoms with Crippen LogP contribution in [0.5, 0.6) is 0 Å². The number of hydrogen-bond donors (Lipinski definition) is 0. The van der Waals surface area contributed by atoms with Gasteiger partial charge in [0.15, 0.2) is 0 Å². The molecule has 0 spiro atoms. The molecular formula is C20H21NO3. The van der Waals surface area contributed by atoms with Crippen LogP contribution in [0.25, 0.3) is 0 Å². The maximum atomic E-state index is 13.1. The molecular weight excluding hydrogens is 302 g/mol. The molecule has 3 rings (SSSR count). The average Bonchev–Trinajstić information content (AvgIpc) is 2.82. The molecule has 124 valence electrons. The molecule has 0 aromatic heterocycles. The van der Waals surface area contributed by atoms with Crippen LogP contribution in [0.3, 0.4) is 0 Å². The van der Waals surface area contributed by atoms with Crippen molar-refractivity contribution in [2.75, 3.05) is 19.1 Å². The zero-order chi connectivity index (χ0) is 17.3. The largest absolute Gasteiger partial charge is 0.469 e. The zero-order valence-electron chi connectivity index (χ0n) is 14.2. The lowest BCUT2D eigenvalue weighted by Gasteiger charge is -2.31. The molecule has 0 bridgehead atoms. The summed E-state index contributed by atoms with van der Waals surface area (Å²) in [4.78, 5) is 27.3. The third kappa shape index (κ3) is 2.39. The van der Waals surface area contributed by atoms with E-state index in [9.17, 15) is 9.59 Å². The Morgan fingerprint density at radius 1 is 1.12 bits per heavy atom. The smallest absolute Gasteiger partial charge is 0.310 e. The molecule has 2 aromatic rings. The monoisotopic (exact) mass is 323 g/mol. The summed E-state index contributed by atoms with van der Waals surface area (Å²) in [6.07, 6.45) is 0.456. The fourth-order valence-electron chi connectivity index (χ4n) is 3.63. The Kier molecular flexibility index (Phi) is 4.14. The Bertz CT molecular complexity index is 771. The number of fused-ring (bicyclic) bond motifs is 1. The van der Waals surface area contributed by atoms with Gasteiger partial charge < -0.3 is 9.64 Å². The van der Waals surface area contributed by atoms with Gasteiger partial charge in [-0.15, -0.1) is 0 Å². The van der Waals surface area contributed by atoms with Crippen LogP contribution in [0.15, 0.2) is 54.6 Å². The van der Waals surface area contributed by atoms with E-state index in [1.54, 1.807) is 11.9 Å². The molecule has 0 N–H and O–H groups in total. The molecule has 1 aliphatic heterocycles. The zero-order valence-corrected chi connectivity index (χ0v) is 14.2. The molecule has 4 heteroatoms. The molecule has 24 heavy (non-hydrogen) atoms. The second-order valence-electron chi connectivity index (χ2n) is 6.35.